The van der Waals surface area contributed by atoms with Crippen molar-refractivity contribution < 1.29 is 4.74 Å². The Hall–Kier alpha value is -0.380. The molecule has 0 saturated carbocycles. The van der Waals surface area contributed by atoms with E-state index in [1.807, 2.05) is 0 Å². The number of ether oxygens (including phenoxy) is 1. The first kappa shape index (κ1) is 18.7. The van der Waals surface area contributed by atoms with Crippen LogP contribution in [0.5, 0.6) is 0 Å². The van der Waals surface area contributed by atoms with Crippen molar-refractivity contribution in [3.8, 4) is 0 Å². The van der Waals surface area contributed by atoms with E-state index in [0.717, 1.165) is 24.2 Å². The molecule has 1 N–H and O–H groups in total. The van der Waals surface area contributed by atoms with E-state index in [2.05, 4.69) is 52.4 Å². The normalized spacial score (nSPS) is 12.5. The van der Waals surface area contributed by atoms with Crippen molar-refractivity contribution in [3.05, 3.63) is 34.3 Å². The summed E-state index contributed by atoms with van der Waals surface area (Å²) in [5, 5.41) is 3.51. The van der Waals surface area contributed by atoms with Crippen LogP contribution in [0.1, 0.15) is 56.9 Å². The Morgan fingerprint density at radius 2 is 1.81 bits per heavy atom. The molecular formula is C18H30BrNO. The van der Waals surface area contributed by atoms with Crippen molar-refractivity contribution in [2.75, 3.05) is 26.8 Å². The number of rotatable bonds is 12. The zero-order chi connectivity index (χ0) is 15.3. The Balaban J connectivity index is 2.43. The van der Waals surface area contributed by atoms with Crippen molar-refractivity contribution in [2.24, 2.45) is 0 Å². The minimum absolute atomic E-state index is 0.608. The molecule has 0 aliphatic rings. The summed E-state index contributed by atoms with van der Waals surface area (Å²) in [5.41, 5.74) is 1.44. The Morgan fingerprint density at radius 1 is 1.10 bits per heavy atom. The van der Waals surface area contributed by atoms with Crippen molar-refractivity contribution in [1.29, 1.82) is 0 Å². The number of hydrogen-bond acceptors (Lipinski definition) is 2. The molecule has 0 aliphatic heterocycles. The van der Waals surface area contributed by atoms with E-state index >= 15 is 0 Å². The first-order valence-electron chi connectivity index (χ1n) is 8.23. The van der Waals surface area contributed by atoms with Crippen LogP contribution < -0.4 is 5.32 Å². The fraction of sp³-hybridized carbons (Fsp3) is 0.667. The molecule has 1 aromatic rings. The summed E-state index contributed by atoms with van der Waals surface area (Å²) in [6, 6.07) is 8.79. The Labute approximate surface area is 138 Å². The Kier molecular flexibility index (Phi) is 10.8. The first-order valence-corrected chi connectivity index (χ1v) is 9.02. The molecule has 0 bridgehead atoms. The first-order chi connectivity index (χ1) is 10.3. The summed E-state index contributed by atoms with van der Waals surface area (Å²) in [4.78, 5) is 0. The van der Waals surface area contributed by atoms with Gasteiger partial charge in [0.15, 0.2) is 0 Å². The lowest BCUT2D eigenvalue weighted by Crippen LogP contribution is -2.25. The standard InChI is InChI=1S/C18H30BrNO/c1-3-4-5-6-7-8-17(15-20-13-14-21-2)16-9-11-18(19)12-10-16/h9-12,17,20H,3-8,13-15H2,1-2H3. The molecule has 0 aliphatic carbocycles. The van der Waals surface area contributed by atoms with Crippen LogP contribution >= 0.6 is 15.9 Å². The number of hydrogen-bond donors (Lipinski definition) is 1. The van der Waals surface area contributed by atoms with Gasteiger partial charge >= 0.3 is 0 Å². The van der Waals surface area contributed by atoms with Crippen LogP contribution in [0.15, 0.2) is 28.7 Å². The van der Waals surface area contributed by atoms with Crippen LogP contribution in [0.25, 0.3) is 0 Å². The predicted molar refractivity (Wildman–Crippen MR) is 95.0 cm³/mol. The van der Waals surface area contributed by atoms with E-state index in [1.165, 1.54) is 44.1 Å². The van der Waals surface area contributed by atoms with Gasteiger partial charge in [-0.3, -0.25) is 0 Å². The molecule has 1 unspecified atom stereocenters. The highest BCUT2D eigenvalue weighted by Crippen LogP contribution is 2.24. The molecule has 1 aromatic carbocycles. The average molecular weight is 356 g/mol. The largest absolute Gasteiger partial charge is 0.383 e. The van der Waals surface area contributed by atoms with Gasteiger partial charge in [-0.2, -0.15) is 0 Å². The molecular weight excluding hydrogens is 326 g/mol. The van der Waals surface area contributed by atoms with Crippen molar-refractivity contribution in [2.45, 2.75) is 51.4 Å². The average Bonchev–Trinajstić information content (AvgIpc) is 2.50. The molecule has 2 nitrogen and oxygen atoms in total. The van der Waals surface area contributed by atoms with Gasteiger partial charge in [-0.15, -0.1) is 0 Å². The fourth-order valence-corrected chi connectivity index (χ4v) is 2.83. The zero-order valence-electron chi connectivity index (χ0n) is 13.5. The van der Waals surface area contributed by atoms with Crippen molar-refractivity contribution in [3.63, 3.8) is 0 Å². The molecule has 120 valence electrons. The van der Waals surface area contributed by atoms with E-state index < -0.39 is 0 Å². The van der Waals surface area contributed by atoms with Crippen LogP contribution in [0, 0.1) is 0 Å². The van der Waals surface area contributed by atoms with Gasteiger partial charge in [-0.05, 0) is 30.0 Å². The molecule has 1 atom stereocenters. The third-order valence-electron chi connectivity index (χ3n) is 3.87. The molecule has 0 spiro atoms. The van der Waals surface area contributed by atoms with Crippen molar-refractivity contribution in [1.82, 2.24) is 5.32 Å². The minimum Gasteiger partial charge on any atom is -0.383 e. The van der Waals surface area contributed by atoms with Gasteiger partial charge in [-0.1, -0.05) is 67.1 Å². The monoisotopic (exact) mass is 355 g/mol. The fourth-order valence-electron chi connectivity index (χ4n) is 2.57. The van der Waals surface area contributed by atoms with Gasteiger partial charge in [-0.25, -0.2) is 0 Å². The summed E-state index contributed by atoms with van der Waals surface area (Å²) in [6.07, 6.45) is 8.02. The van der Waals surface area contributed by atoms with Gasteiger partial charge in [0.25, 0.3) is 0 Å². The summed E-state index contributed by atoms with van der Waals surface area (Å²) >= 11 is 3.52. The third kappa shape index (κ3) is 8.60. The minimum atomic E-state index is 0.608. The van der Waals surface area contributed by atoms with E-state index in [4.69, 9.17) is 4.74 Å². The summed E-state index contributed by atoms with van der Waals surface area (Å²) in [6.45, 7) is 5.02. The van der Waals surface area contributed by atoms with E-state index in [0.29, 0.717) is 5.92 Å². The van der Waals surface area contributed by atoms with Crippen LogP contribution in [0.2, 0.25) is 0 Å². The number of halogens is 1. The highest BCUT2D eigenvalue weighted by atomic mass is 79.9. The predicted octanol–water partition coefficient (Wildman–Crippen LogP) is 5.13. The highest BCUT2D eigenvalue weighted by Gasteiger charge is 2.11. The van der Waals surface area contributed by atoms with Gasteiger partial charge in [0.05, 0.1) is 6.61 Å². The van der Waals surface area contributed by atoms with Crippen LogP contribution in [-0.2, 0) is 4.74 Å². The summed E-state index contributed by atoms with van der Waals surface area (Å²) < 4.78 is 6.25. The summed E-state index contributed by atoms with van der Waals surface area (Å²) in [5.74, 6) is 0.608. The smallest absolute Gasteiger partial charge is 0.0587 e. The number of unbranched alkanes of at least 4 members (excludes halogenated alkanes) is 4. The Morgan fingerprint density at radius 3 is 2.48 bits per heavy atom. The van der Waals surface area contributed by atoms with Crippen LogP contribution in [-0.4, -0.2) is 26.8 Å². The van der Waals surface area contributed by atoms with E-state index in [-0.39, 0.29) is 0 Å². The van der Waals surface area contributed by atoms with E-state index in [9.17, 15) is 0 Å². The summed E-state index contributed by atoms with van der Waals surface area (Å²) in [7, 11) is 1.75. The SMILES string of the molecule is CCCCCCCC(CNCCOC)c1ccc(Br)cc1. The van der Waals surface area contributed by atoms with Gasteiger partial charge in [0.2, 0.25) is 0 Å². The maximum atomic E-state index is 5.10. The molecule has 1 rings (SSSR count). The lowest BCUT2D eigenvalue weighted by Gasteiger charge is -2.18. The van der Waals surface area contributed by atoms with Gasteiger partial charge in [0.1, 0.15) is 0 Å². The maximum absolute atomic E-state index is 5.10. The number of benzene rings is 1. The van der Waals surface area contributed by atoms with Crippen LogP contribution in [0.4, 0.5) is 0 Å². The second kappa shape index (κ2) is 12.2. The molecule has 0 saturated heterocycles. The molecule has 3 heteroatoms. The third-order valence-corrected chi connectivity index (χ3v) is 4.40. The quantitative estimate of drug-likeness (QED) is 0.524. The number of methoxy groups -OCH3 is 1. The maximum Gasteiger partial charge on any atom is 0.0587 e. The van der Waals surface area contributed by atoms with Crippen molar-refractivity contribution >= 4 is 15.9 Å². The lowest BCUT2D eigenvalue weighted by molar-refractivity contribution is 0.198. The topological polar surface area (TPSA) is 21.3 Å². The number of nitrogens with one attached hydrogen (secondary N) is 1. The molecule has 0 radical (unpaired) electrons. The molecule has 0 heterocycles. The second-order valence-corrected chi connectivity index (χ2v) is 6.56. The second-order valence-electron chi connectivity index (χ2n) is 5.65. The molecule has 21 heavy (non-hydrogen) atoms. The van der Waals surface area contributed by atoms with Gasteiger partial charge in [0, 0.05) is 24.7 Å². The molecule has 0 aromatic heterocycles. The lowest BCUT2D eigenvalue weighted by atomic mass is 9.93. The molecule has 0 amide bonds. The zero-order valence-corrected chi connectivity index (χ0v) is 15.1. The van der Waals surface area contributed by atoms with Crippen LogP contribution in [0.3, 0.4) is 0 Å². The Bertz CT molecular complexity index is 353. The highest BCUT2D eigenvalue weighted by molar-refractivity contribution is 9.10. The van der Waals surface area contributed by atoms with E-state index in [1.54, 1.807) is 7.11 Å². The van der Waals surface area contributed by atoms with Gasteiger partial charge < -0.3 is 10.1 Å². The molecule has 0 fully saturated rings.